The number of halogens is 1. The average molecular weight is 294 g/mol. The molecule has 0 amide bonds. The van der Waals surface area contributed by atoms with E-state index in [1.807, 2.05) is 12.1 Å². The largest absolute Gasteiger partial charge is 0.381 e. The van der Waals surface area contributed by atoms with Crippen molar-refractivity contribution in [2.75, 3.05) is 19.8 Å². The Labute approximate surface area is 126 Å². The van der Waals surface area contributed by atoms with Gasteiger partial charge in [0, 0.05) is 24.3 Å². The predicted molar refractivity (Wildman–Crippen MR) is 83.4 cm³/mol. The van der Waals surface area contributed by atoms with E-state index in [0.29, 0.717) is 12.0 Å². The van der Waals surface area contributed by atoms with E-state index in [1.54, 1.807) is 0 Å². The first-order valence-corrected chi connectivity index (χ1v) is 8.26. The molecular weight excluding hydrogens is 270 g/mol. The lowest BCUT2D eigenvalue weighted by Crippen LogP contribution is -2.40. The topological polar surface area (TPSA) is 21.3 Å². The molecule has 2 aliphatic rings. The summed E-state index contributed by atoms with van der Waals surface area (Å²) in [6.07, 6.45) is 6.31. The molecule has 1 aromatic carbocycles. The van der Waals surface area contributed by atoms with E-state index in [2.05, 4.69) is 17.4 Å². The molecule has 2 fully saturated rings. The van der Waals surface area contributed by atoms with Crippen molar-refractivity contribution in [2.45, 2.75) is 44.1 Å². The van der Waals surface area contributed by atoms with Gasteiger partial charge in [-0.3, -0.25) is 0 Å². The van der Waals surface area contributed by atoms with Crippen molar-refractivity contribution in [2.24, 2.45) is 5.92 Å². The van der Waals surface area contributed by atoms with Crippen LogP contribution in [-0.2, 0) is 4.74 Å². The molecule has 0 atom stereocenters. The predicted octanol–water partition coefficient (Wildman–Crippen LogP) is 3.99. The molecule has 1 N–H and O–H groups in total. The van der Waals surface area contributed by atoms with Crippen molar-refractivity contribution in [3.63, 3.8) is 0 Å². The average Bonchev–Trinajstić information content (AvgIpc) is 3.21. The fourth-order valence-electron chi connectivity index (χ4n) is 2.86. The highest BCUT2D eigenvalue weighted by Crippen LogP contribution is 2.39. The summed E-state index contributed by atoms with van der Waals surface area (Å²) in [5, 5.41) is 4.54. The summed E-state index contributed by atoms with van der Waals surface area (Å²) in [5.74, 6) is 1.53. The SMILES string of the molecule is Clc1ccccc1C1CC(NCCCOCC2CC2)C1. The molecule has 1 aromatic rings. The van der Waals surface area contributed by atoms with Gasteiger partial charge >= 0.3 is 0 Å². The maximum Gasteiger partial charge on any atom is 0.0494 e. The monoisotopic (exact) mass is 293 g/mol. The van der Waals surface area contributed by atoms with E-state index in [1.165, 1.54) is 31.2 Å². The van der Waals surface area contributed by atoms with Crippen LogP contribution in [0.15, 0.2) is 24.3 Å². The van der Waals surface area contributed by atoms with Crippen molar-refractivity contribution >= 4 is 11.6 Å². The standard InChI is InChI=1S/C17H24ClNO/c18-17-5-2-1-4-16(17)14-10-15(11-14)19-8-3-9-20-12-13-6-7-13/h1-2,4-5,13-15,19H,3,6-12H2. The first-order valence-electron chi connectivity index (χ1n) is 7.88. The Bertz CT molecular complexity index is 427. The number of rotatable bonds is 8. The molecule has 0 aliphatic heterocycles. The van der Waals surface area contributed by atoms with Crippen LogP contribution >= 0.6 is 11.6 Å². The maximum absolute atomic E-state index is 6.23. The van der Waals surface area contributed by atoms with E-state index in [9.17, 15) is 0 Å². The lowest BCUT2D eigenvalue weighted by Gasteiger charge is -2.36. The molecule has 2 saturated carbocycles. The third-order valence-electron chi connectivity index (χ3n) is 4.43. The molecule has 2 nitrogen and oxygen atoms in total. The Morgan fingerprint density at radius 1 is 1.20 bits per heavy atom. The molecule has 2 aliphatic carbocycles. The maximum atomic E-state index is 6.23. The molecule has 0 spiro atoms. The Kier molecular flexibility index (Phi) is 4.98. The van der Waals surface area contributed by atoms with Gasteiger partial charge in [-0.2, -0.15) is 0 Å². The molecule has 3 rings (SSSR count). The van der Waals surface area contributed by atoms with Crippen molar-refractivity contribution < 1.29 is 4.74 Å². The second kappa shape index (κ2) is 6.93. The second-order valence-electron chi connectivity index (χ2n) is 6.21. The number of hydrogen-bond acceptors (Lipinski definition) is 2. The van der Waals surface area contributed by atoms with Crippen LogP contribution in [0.4, 0.5) is 0 Å². The van der Waals surface area contributed by atoms with Gasteiger partial charge in [0.2, 0.25) is 0 Å². The Balaban J connectivity index is 1.26. The summed E-state index contributed by atoms with van der Waals surface area (Å²) >= 11 is 6.23. The molecule has 0 bridgehead atoms. The molecule has 0 saturated heterocycles. The quantitative estimate of drug-likeness (QED) is 0.732. The highest BCUT2D eigenvalue weighted by molar-refractivity contribution is 6.31. The lowest BCUT2D eigenvalue weighted by atomic mass is 9.76. The molecule has 3 heteroatoms. The number of ether oxygens (including phenoxy) is 1. The van der Waals surface area contributed by atoms with Gasteiger partial charge < -0.3 is 10.1 Å². The van der Waals surface area contributed by atoms with Gasteiger partial charge in [0.15, 0.2) is 0 Å². The van der Waals surface area contributed by atoms with Crippen LogP contribution in [0.3, 0.4) is 0 Å². The molecule has 0 heterocycles. The van der Waals surface area contributed by atoms with Gasteiger partial charge in [0.25, 0.3) is 0 Å². The minimum Gasteiger partial charge on any atom is -0.381 e. The lowest BCUT2D eigenvalue weighted by molar-refractivity contribution is 0.120. The van der Waals surface area contributed by atoms with E-state index in [-0.39, 0.29) is 0 Å². The van der Waals surface area contributed by atoms with E-state index < -0.39 is 0 Å². The van der Waals surface area contributed by atoms with Crippen LogP contribution in [0, 0.1) is 5.92 Å². The Hall–Kier alpha value is -0.570. The summed E-state index contributed by atoms with van der Waals surface area (Å²) in [7, 11) is 0. The van der Waals surface area contributed by atoms with E-state index >= 15 is 0 Å². The van der Waals surface area contributed by atoms with Gasteiger partial charge in [-0.05, 0) is 62.1 Å². The van der Waals surface area contributed by atoms with Crippen LogP contribution < -0.4 is 5.32 Å². The molecule has 0 radical (unpaired) electrons. The smallest absolute Gasteiger partial charge is 0.0494 e. The van der Waals surface area contributed by atoms with Crippen LogP contribution in [0.2, 0.25) is 5.02 Å². The molecule has 110 valence electrons. The molecule has 0 unspecified atom stereocenters. The zero-order valence-electron chi connectivity index (χ0n) is 12.0. The van der Waals surface area contributed by atoms with Gasteiger partial charge in [0.1, 0.15) is 0 Å². The first-order chi connectivity index (χ1) is 9.83. The minimum atomic E-state index is 0.646. The second-order valence-corrected chi connectivity index (χ2v) is 6.62. The zero-order valence-corrected chi connectivity index (χ0v) is 12.7. The van der Waals surface area contributed by atoms with Crippen molar-refractivity contribution in [1.82, 2.24) is 5.32 Å². The first kappa shape index (κ1) is 14.4. The van der Waals surface area contributed by atoms with Crippen molar-refractivity contribution in [3.05, 3.63) is 34.9 Å². The summed E-state index contributed by atoms with van der Waals surface area (Å²) < 4.78 is 5.64. The highest BCUT2D eigenvalue weighted by atomic mass is 35.5. The van der Waals surface area contributed by atoms with Gasteiger partial charge in [-0.1, -0.05) is 29.8 Å². The summed E-state index contributed by atoms with van der Waals surface area (Å²) in [6.45, 7) is 2.97. The van der Waals surface area contributed by atoms with Crippen LogP contribution in [0.5, 0.6) is 0 Å². The minimum absolute atomic E-state index is 0.646. The van der Waals surface area contributed by atoms with E-state index in [0.717, 1.165) is 37.1 Å². The van der Waals surface area contributed by atoms with Crippen LogP contribution in [-0.4, -0.2) is 25.8 Å². The normalized spacial score (nSPS) is 25.4. The zero-order chi connectivity index (χ0) is 13.8. The Morgan fingerprint density at radius 2 is 2.00 bits per heavy atom. The van der Waals surface area contributed by atoms with Crippen molar-refractivity contribution in [3.8, 4) is 0 Å². The van der Waals surface area contributed by atoms with Gasteiger partial charge in [-0.15, -0.1) is 0 Å². The summed E-state index contributed by atoms with van der Waals surface area (Å²) in [6, 6.07) is 8.91. The summed E-state index contributed by atoms with van der Waals surface area (Å²) in [4.78, 5) is 0. The molecule has 0 aromatic heterocycles. The summed E-state index contributed by atoms with van der Waals surface area (Å²) in [5.41, 5.74) is 1.32. The number of benzene rings is 1. The fourth-order valence-corrected chi connectivity index (χ4v) is 3.15. The molecule has 20 heavy (non-hydrogen) atoms. The van der Waals surface area contributed by atoms with Crippen LogP contribution in [0.25, 0.3) is 0 Å². The highest BCUT2D eigenvalue weighted by Gasteiger charge is 2.30. The third-order valence-corrected chi connectivity index (χ3v) is 4.78. The Morgan fingerprint density at radius 3 is 2.75 bits per heavy atom. The van der Waals surface area contributed by atoms with Crippen molar-refractivity contribution in [1.29, 1.82) is 0 Å². The van der Waals surface area contributed by atoms with Gasteiger partial charge in [0.05, 0.1) is 0 Å². The number of hydrogen-bond donors (Lipinski definition) is 1. The van der Waals surface area contributed by atoms with E-state index in [4.69, 9.17) is 16.3 Å². The van der Waals surface area contributed by atoms with Crippen LogP contribution in [0.1, 0.15) is 43.6 Å². The fraction of sp³-hybridized carbons (Fsp3) is 0.647. The van der Waals surface area contributed by atoms with Gasteiger partial charge in [-0.25, -0.2) is 0 Å². The number of nitrogens with one attached hydrogen (secondary N) is 1. The molecular formula is C17H24ClNO. The third kappa shape index (κ3) is 3.97.